The standard InChI is InChI=1S/C16H12N2O/c19-16(12-6-2-1-3-7-12)10-13-11-17-18-15-9-5-4-8-14(13)15/h1-9,11H,10H2. The molecule has 0 aliphatic heterocycles. The summed E-state index contributed by atoms with van der Waals surface area (Å²) in [6.45, 7) is 0. The Labute approximate surface area is 110 Å². The van der Waals surface area contributed by atoms with Crippen LogP contribution in [0.2, 0.25) is 0 Å². The van der Waals surface area contributed by atoms with Crippen molar-refractivity contribution in [2.75, 3.05) is 0 Å². The largest absolute Gasteiger partial charge is 0.294 e. The number of ketones is 1. The van der Waals surface area contributed by atoms with Crippen molar-refractivity contribution < 1.29 is 4.79 Å². The Hall–Kier alpha value is -2.55. The molecule has 2 aromatic carbocycles. The summed E-state index contributed by atoms with van der Waals surface area (Å²) in [6, 6.07) is 17.0. The summed E-state index contributed by atoms with van der Waals surface area (Å²) in [5.41, 5.74) is 2.46. The van der Waals surface area contributed by atoms with E-state index in [1.165, 1.54) is 0 Å². The van der Waals surface area contributed by atoms with Gasteiger partial charge >= 0.3 is 0 Å². The van der Waals surface area contributed by atoms with Gasteiger partial charge in [-0.15, -0.1) is 0 Å². The summed E-state index contributed by atoms with van der Waals surface area (Å²) >= 11 is 0. The number of Topliss-reactive ketones (excluding diaryl/α,β-unsaturated/α-hetero) is 1. The number of aromatic nitrogens is 2. The van der Waals surface area contributed by atoms with Gasteiger partial charge in [0.2, 0.25) is 0 Å². The molecular weight excluding hydrogens is 236 g/mol. The highest BCUT2D eigenvalue weighted by molar-refractivity contribution is 5.99. The lowest BCUT2D eigenvalue weighted by Crippen LogP contribution is -2.04. The van der Waals surface area contributed by atoms with Crippen LogP contribution in [0.4, 0.5) is 0 Å². The maximum absolute atomic E-state index is 12.2. The summed E-state index contributed by atoms with van der Waals surface area (Å²) in [7, 11) is 0. The molecule has 19 heavy (non-hydrogen) atoms. The van der Waals surface area contributed by atoms with Gasteiger partial charge in [-0.3, -0.25) is 4.79 Å². The van der Waals surface area contributed by atoms with Crippen LogP contribution in [0.5, 0.6) is 0 Å². The normalized spacial score (nSPS) is 10.5. The second-order valence-corrected chi connectivity index (χ2v) is 4.35. The van der Waals surface area contributed by atoms with Crippen LogP contribution in [-0.4, -0.2) is 16.0 Å². The topological polar surface area (TPSA) is 42.9 Å². The van der Waals surface area contributed by atoms with Gasteiger partial charge < -0.3 is 0 Å². The van der Waals surface area contributed by atoms with Crippen LogP contribution in [-0.2, 0) is 6.42 Å². The Bertz CT molecular complexity index is 718. The zero-order valence-corrected chi connectivity index (χ0v) is 10.3. The van der Waals surface area contributed by atoms with Gasteiger partial charge in [0.25, 0.3) is 0 Å². The lowest BCUT2D eigenvalue weighted by molar-refractivity contribution is 0.0993. The van der Waals surface area contributed by atoms with Crippen molar-refractivity contribution in [3.8, 4) is 0 Å². The fraction of sp³-hybridized carbons (Fsp3) is 0.0625. The van der Waals surface area contributed by atoms with Crippen LogP contribution in [0.3, 0.4) is 0 Å². The first-order valence-electron chi connectivity index (χ1n) is 6.12. The molecule has 3 heteroatoms. The van der Waals surface area contributed by atoms with Gasteiger partial charge in [-0.05, 0) is 11.6 Å². The Morgan fingerprint density at radius 1 is 0.947 bits per heavy atom. The minimum Gasteiger partial charge on any atom is -0.294 e. The zero-order chi connectivity index (χ0) is 13.1. The molecule has 3 nitrogen and oxygen atoms in total. The van der Waals surface area contributed by atoms with E-state index in [0.29, 0.717) is 6.42 Å². The molecule has 0 saturated carbocycles. The molecule has 0 aliphatic rings. The average molecular weight is 248 g/mol. The molecule has 0 atom stereocenters. The second-order valence-electron chi connectivity index (χ2n) is 4.35. The molecule has 3 rings (SSSR count). The monoisotopic (exact) mass is 248 g/mol. The third kappa shape index (κ3) is 2.36. The molecule has 3 aromatic rings. The third-order valence-corrected chi connectivity index (χ3v) is 3.08. The molecule has 0 aliphatic carbocycles. The zero-order valence-electron chi connectivity index (χ0n) is 10.3. The maximum atomic E-state index is 12.2. The lowest BCUT2D eigenvalue weighted by atomic mass is 10.0. The third-order valence-electron chi connectivity index (χ3n) is 3.08. The number of nitrogens with zero attached hydrogens (tertiary/aromatic N) is 2. The van der Waals surface area contributed by atoms with E-state index in [1.807, 2.05) is 54.6 Å². The van der Waals surface area contributed by atoms with Crippen LogP contribution in [0.1, 0.15) is 15.9 Å². The van der Waals surface area contributed by atoms with E-state index in [4.69, 9.17) is 0 Å². The van der Waals surface area contributed by atoms with Crippen molar-refractivity contribution in [1.29, 1.82) is 0 Å². The van der Waals surface area contributed by atoms with Crippen LogP contribution in [0.25, 0.3) is 10.9 Å². The fourth-order valence-corrected chi connectivity index (χ4v) is 2.10. The van der Waals surface area contributed by atoms with E-state index in [9.17, 15) is 4.79 Å². The molecular formula is C16H12N2O. The van der Waals surface area contributed by atoms with Gasteiger partial charge in [-0.25, -0.2) is 0 Å². The van der Waals surface area contributed by atoms with Crippen LogP contribution in [0, 0.1) is 0 Å². The quantitative estimate of drug-likeness (QED) is 0.669. The number of carbonyl (C=O) groups is 1. The van der Waals surface area contributed by atoms with Gasteiger partial charge in [0, 0.05) is 17.4 Å². The highest BCUT2D eigenvalue weighted by Gasteiger charge is 2.09. The van der Waals surface area contributed by atoms with Crippen molar-refractivity contribution in [2.45, 2.75) is 6.42 Å². The van der Waals surface area contributed by atoms with Gasteiger partial charge in [0.1, 0.15) is 0 Å². The molecule has 0 N–H and O–H groups in total. The average Bonchev–Trinajstić information content (AvgIpc) is 2.48. The first-order valence-corrected chi connectivity index (χ1v) is 6.12. The van der Waals surface area contributed by atoms with Crippen LogP contribution >= 0.6 is 0 Å². The number of carbonyl (C=O) groups excluding carboxylic acids is 1. The van der Waals surface area contributed by atoms with E-state index in [0.717, 1.165) is 22.0 Å². The molecule has 0 amide bonds. The first-order chi connectivity index (χ1) is 9.34. The highest BCUT2D eigenvalue weighted by Crippen LogP contribution is 2.17. The van der Waals surface area contributed by atoms with Crippen molar-refractivity contribution in [2.24, 2.45) is 0 Å². The van der Waals surface area contributed by atoms with E-state index in [1.54, 1.807) is 6.20 Å². The molecule has 0 unspecified atom stereocenters. The van der Waals surface area contributed by atoms with Gasteiger partial charge in [0.05, 0.1) is 11.7 Å². The van der Waals surface area contributed by atoms with Crippen LogP contribution in [0.15, 0.2) is 60.8 Å². The maximum Gasteiger partial charge on any atom is 0.167 e. The number of benzene rings is 2. The first kappa shape index (κ1) is 11.5. The number of fused-ring (bicyclic) bond motifs is 1. The second kappa shape index (κ2) is 4.98. The van der Waals surface area contributed by atoms with E-state index in [-0.39, 0.29) is 5.78 Å². The summed E-state index contributed by atoms with van der Waals surface area (Å²) < 4.78 is 0. The Balaban J connectivity index is 1.96. The smallest absolute Gasteiger partial charge is 0.167 e. The highest BCUT2D eigenvalue weighted by atomic mass is 16.1. The van der Waals surface area contributed by atoms with Crippen molar-refractivity contribution in [1.82, 2.24) is 10.2 Å². The molecule has 0 radical (unpaired) electrons. The molecule has 1 heterocycles. The summed E-state index contributed by atoms with van der Waals surface area (Å²) in [5, 5.41) is 9.01. The lowest BCUT2D eigenvalue weighted by Gasteiger charge is -2.04. The number of hydrogen-bond donors (Lipinski definition) is 0. The van der Waals surface area contributed by atoms with Crippen LogP contribution < -0.4 is 0 Å². The molecule has 0 spiro atoms. The summed E-state index contributed by atoms with van der Waals surface area (Å²) in [4.78, 5) is 12.2. The molecule has 92 valence electrons. The number of rotatable bonds is 3. The van der Waals surface area contributed by atoms with Crippen molar-refractivity contribution >= 4 is 16.7 Å². The van der Waals surface area contributed by atoms with Crippen molar-refractivity contribution in [3.05, 3.63) is 71.9 Å². The predicted molar refractivity (Wildman–Crippen MR) is 74.0 cm³/mol. The Morgan fingerprint density at radius 3 is 2.53 bits per heavy atom. The minimum absolute atomic E-state index is 0.0961. The predicted octanol–water partition coefficient (Wildman–Crippen LogP) is 3.06. The Kier molecular flexibility index (Phi) is 3.02. The summed E-state index contributed by atoms with van der Waals surface area (Å²) in [5.74, 6) is 0.0961. The molecule has 0 saturated heterocycles. The van der Waals surface area contributed by atoms with Gasteiger partial charge in [0.15, 0.2) is 5.78 Å². The molecule has 1 aromatic heterocycles. The van der Waals surface area contributed by atoms with E-state index < -0.39 is 0 Å². The molecule has 0 bridgehead atoms. The van der Waals surface area contributed by atoms with Crippen molar-refractivity contribution in [3.63, 3.8) is 0 Å². The number of hydrogen-bond acceptors (Lipinski definition) is 3. The fourth-order valence-electron chi connectivity index (χ4n) is 2.10. The van der Waals surface area contributed by atoms with E-state index in [2.05, 4.69) is 10.2 Å². The SMILES string of the molecule is O=C(Cc1cnnc2ccccc12)c1ccccc1. The van der Waals surface area contributed by atoms with Gasteiger partial charge in [-0.1, -0.05) is 48.5 Å². The minimum atomic E-state index is 0.0961. The Morgan fingerprint density at radius 2 is 1.68 bits per heavy atom. The van der Waals surface area contributed by atoms with Gasteiger partial charge in [-0.2, -0.15) is 10.2 Å². The van der Waals surface area contributed by atoms with E-state index >= 15 is 0 Å². The summed E-state index contributed by atoms with van der Waals surface area (Å²) in [6.07, 6.45) is 2.02. The molecule has 0 fully saturated rings.